The maximum absolute atomic E-state index is 15.7. The number of hydrogen-bond acceptors (Lipinski definition) is 10. The van der Waals surface area contributed by atoms with Crippen LogP contribution in [0.1, 0.15) is 75.2 Å². The van der Waals surface area contributed by atoms with Crippen molar-refractivity contribution in [2.75, 3.05) is 25.6 Å². The molecule has 53 heavy (non-hydrogen) atoms. The van der Waals surface area contributed by atoms with Crippen molar-refractivity contribution in [3.05, 3.63) is 99.3 Å². The third-order valence-electron chi connectivity index (χ3n) is 10.9. The average molecular weight is 753 g/mol. The first-order valence-electron chi connectivity index (χ1n) is 17.5. The summed E-state index contributed by atoms with van der Waals surface area (Å²) in [5.41, 5.74) is 5.17. The highest BCUT2D eigenvalue weighted by Crippen LogP contribution is 2.53. The lowest BCUT2D eigenvalue weighted by Gasteiger charge is -2.22. The second-order valence-corrected chi connectivity index (χ2v) is 15.5. The van der Waals surface area contributed by atoms with Crippen LogP contribution >= 0.6 is 22.9 Å². The number of thiophene rings is 1. The van der Waals surface area contributed by atoms with E-state index < -0.39 is 18.4 Å². The highest BCUT2D eigenvalue weighted by atomic mass is 35.5. The largest absolute Gasteiger partial charge is 0.496 e. The van der Waals surface area contributed by atoms with Gasteiger partial charge in [-0.2, -0.15) is 0 Å². The number of aromatic nitrogens is 4. The van der Waals surface area contributed by atoms with E-state index in [9.17, 15) is 4.79 Å². The Morgan fingerprint density at radius 3 is 2.83 bits per heavy atom. The van der Waals surface area contributed by atoms with Gasteiger partial charge in [-0.3, -0.25) is 9.78 Å². The molecule has 0 bridgehead atoms. The number of hydrogen-bond donors (Lipinski definition) is 1. The highest BCUT2D eigenvalue weighted by molar-refractivity contribution is 7.23. The Hall–Kier alpha value is -5.14. The topological polar surface area (TPSA) is 116 Å². The molecule has 3 atom stereocenters. The quantitative estimate of drug-likeness (QED) is 0.171. The molecule has 6 aromatic rings. The molecule has 1 fully saturated rings. The molecular weight excluding hydrogens is 722 g/mol. The van der Waals surface area contributed by atoms with Crippen LogP contribution in [0.25, 0.3) is 32.0 Å². The van der Waals surface area contributed by atoms with Crippen LogP contribution < -0.4 is 14.8 Å². The van der Waals surface area contributed by atoms with Crippen molar-refractivity contribution in [1.29, 1.82) is 0 Å². The van der Waals surface area contributed by atoms with Gasteiger partial charge >= 0.3 is 0 Å². The smallest absolute Gasteiger partial charge is 0.276 e. The average Bonchev–Trinajstić information content (AvgIpc) is 3.99. The van der Waals surface area contributed by atoms with E-state index >= 15 is 8.78 Å². The van der Waals surface area contributed by atoms with Gasteiger partial charge in [0.25, 0.3) is 11.8 Å². The third-order valence-corrected chi connectivity index (χ3v) is 12.3. The minimum absolute atomic E-state index is 0.0442. The van der Waals surface area contributed by atoms with Crippen molar-refractivity contribution in [2.24, 2.45) is 0 Å². The van der Waals surface area contributed by atoms with Gasteiger partial charge in [-0.05, 0) is 54.1 Å². The van der Waals surface area contributed by atoms with Crippen molar-refractivity contribution < 1.29 is 27.5 Å². The van der Waals surface area contributed by atoms with Crippen molar-refractivity contribution in [2.45, 2.75) is 56.5 Å². The molecule has 10 nitrogen and oxygen atoms in total. The van der Waals surface area contributed by atoms with E-state index in [1.165, 1.54) is 18.4 Å². The molecule has 10 rings (SSSR count). The molecule has 0 saturated carbocycles. The second kappa shape index (κ2) is 11.9. The molecule has 0 spiro atoms. The minimum Gasteiger partial charge on any atom is -0.496 e. The van der Waals surface area contributed by atoms with E-state index in [1.54, 1.807) is 31.3 Å². The number of amides is 1. The van der Waals surface area contributed by atoms with Gasteiger partial charge < -0.3 is 24.1 Å². The number of benzene rings is 2. The molecule has 3 aliphatic heterocycles. The van der Waals surface area contributed by atoms with Gasteiger partial charge in [-0.15, -0.1) is 21.5 Å². The summed E-state index contributed by atoms with van der Waals surface area (Å²) in [6, 6.07) is 13.2. The number of pyridine rings is 2. The number of rotatable bonds is 7. The Labute approximate surface area is 311 Å². The van der Waals surface area contributed by atoms with E-state index in [0.717, 1.165) is 40.1 Å². The van der Waals surface area contributed by atoms with E-state index in [2.05, 4.69) is 20.5 Å². The summed E-state index contributed by atoms with van der Waals surface area (Å²) in [5, 5.41) is 13.1. The molecule has 4 aromatic heterocycles. The molecule has 14 heteroatoms. The van der Waals surface area contributed by atoms with Crippen LogP contribution in [-0.4, -0.2) is 57.2 Å². The molecule has 7 heterocycles. The molecule has 4 aliphatic rings. The van der Waals surface area contributed by atoms with Crippen LogP contribution in [0.4, 0.5) is 14.6 Å². The molecule has 1 N–H and O–H groups in total. The first-order valence-corrected chi connectivity index (χ1v) is 18.7. The predicted molar refractivity (Wildman–Crippen MR) is 195 cm³/mol. The fourth-order valence-corrected chi connectivity index (χ4v) is 9.86. The number of fused-ring (bicyclic) bond motifs is 6. The zero-order valence-electron chi connectivity index (χ0n) is 28.6. The number of alkyl halides is 2. The van der Waals surface area contributed by atoms with Crippen LogP contribution in [0.15, 0.2) is 59.1 Å². The fraction of sp³-hybridized carbons (Fsp3) is 0.308. The lowest BCUT2D eigenvalue weighted by Crippen LogP contribution is -2.28. The SMILES string of the molecule is COc1cccc2c1CC(F)(F)[C@@H]2Nc1nccc2cc(-c3c4c(nc(C[C@H]5COc6cc(Cl)ccc65)c3-c3nnc(C)o3)[C@H]3CCCN3C4=O)sc12. The van der Waals surface area contributed by atoms with Gasteiger partial charge in [-0.25, -0.2) is 13.8 Å². The lowest BCUT2D eigenvalue weighted by molar-refractivity contribution is -0.00734. The zero-order chi connectivity index (χ0) is 36.2. The number of carbonyl (C=O) groups is 1. The Bertz CT molecular complexity index is 2500. The normalized spacial score (nSPS) is 20.7. The molecule has 268 valence electrons. The summed E-state index contributed by atoms with van der Waals surface area (Å²) in [7, 11) is 1.49. The lowest BCUT2D eigenvalue weighted by atomic mass is 9.89. The van der Waals surface area contributed by atoms with E-state index in [0.29, 0.717) is 80.3 Å². The fourth-order valence-electron chi connectivity index (χ4n) is 8.53. The first-order chi connectivity index (χ1) is 25.7. The summed E-state index contributed by atoms with van der Waals surface area (Å²) in [4.78, 5) is 26.8. The molecule has 0 unspecified atom stereocenters. The molecule has 0 radical (unpaired) electrons. The maximum atomic E-state index is 15.7. The molecule has 1 amide bonds. The number of nitrogens with zero attached hydrogens (tertiary/aromatic N) is 5. The summed E-state index contributed by atoms with van der Waals surface area (Å²) < 4.78 is 49.7. The van der Waals surface area contributed by atoms with Gasteiger partial charge in [0, 0.05) is 65.0 Å². The van der Waals surface area contributed by atoms with Crippen molar-refractivity contribution in [3.63, 3.8) is 0 Å². The van der Waals surface area contributed by atoms with Crippen LogP contribution in [0, 0.1) is 6.92 Å². The summed E-state index contributed by atoms with van der Waals surface area (Å²) in [6.07, 6.45) is 3.34. The minimum atomic E-state index is -3.09. The first kappa shape index (κ1) is 32.5. The molecular formula is C39H31ClF2N6O4S. The van der Waals surface area contributed by atoms with E-state index in [4.69, 9.17) is 30.5 Å². The number of ether oxygens (including phenoxy) is 2. The van der Waals surface area contributed by atoms with Gasteiger partial charge in [0.1, 0.15) is 23.4 Å². The number of nitrogens with one attached hydrogen (secondary N) is 1. The second-order valence-electron chi connectivity index (χ2n) is 14.0. The Morgan fingerprint density at radius 2 is 2.00 bits per heavy atom. The van der Waals surface area contributed by atoms with Crippen molar-refractivity contribution in [3.8, 4) is 33.4 Å². The van der Waals surface area contributed by atoms with E-state index in [1.807, 2.05) is 35.2 Å². The van der Waals surface area contributed by atoms with Crippen molar-refractivity contribution in [1.82, 2.24) is 25.1 Å². The van der Waals surface area contributed by atoms with Crippen LogP contribution in [0.5, 0.6) is 11.5 Å². The summed E-state index contributed by atoms with van der Waals surface area (Å²) in [5.74, 6) is -1.10. The van der Waals surface area contributed by atoms with Gasteiger partial charge in [0.15, 0.2) is 0 Å². The van der Waals surface area contributed by atoms with Gasteiger partial charge in [-0.1, -0.05) is 29.8 Å². The van der Waals surface area contributed by atoms with Gasteiger partial charge in [0.2, 0.25) is 11.8 Å². The Morgan fingerprint density at radius 1 is 1.11 bits per heavy atom. The summed E-state index contributed by atoms with van der Waals surface area (Å²) >= 11 is 7.67. The molecule has 1 saturated heterocycles. The number of anilines is 1. The zero-order valence-corrected chi connectivity index (χ0v) is 30.2. The third kappa shape index (κ3) is 5.03. The highest BCUT2D eigenvalue weighted by Gasteiger charge is 2.49. The number of aryl methyl sites for hydroxylation is 1. The van der Waals surface area contributed by atoms with Crippen LogP contribution in [-0.2, 0) is 12.8 Å². The van der Waals surface area contributed by atoms with E-state index in [-0.39, 0.29) is 23.8 Å². The number of carbonyl (C=O) groups excluding carboxylic acids is 1. The molecule has 2 aromatic carbocycles. The standard InChI is InChI=1S/C39H31ClF2N6O4S/c1-18-46-47-37(52-18)30-25(13-20-17-51-28-15-21(40)8-9-22(20)28)44-33-26-6-4-12-48(26)38(49)32(33)31(30)29-14-19-10-11-43-36(34(19)53-29)45-35-23-5-3-7-27(50-2)24(23)16-39(35,41)42/h3,5,7-11,14-15,20,26,35H,4,6,12-13,16-17H2,1-2H3,(H,43,45)/t20-,26+,35+/m0/s1. The maximum Gasteiger partial charge on any atom is 0.276 e. The van der Waals surface area contributed by atoms with Crippen LogP contribution in [0.2, 0.25) is 5.02 Å². The van der Waals surface area contributed by atoms with Gasteiger partial charge in [0.05, 0.1) is 47.0 Å². The monoisotopic (exact) mass is 752 g/mol. The predicted octanol–water partition coefficient (Wildman–Crippen LogP) is 8.73. The number of halogens is 3. The van der Waals surface area contributed by atoms with Crippen LogP contribution in [0.3, 0.4) is 0 Å². The number of methoxy groups -OCH3 is 1. The summed E-state index contributed by atoms with van der Waals surface area (Å²) in [6.45, 7) is 2.80. The van der Waals surface area contributed by atoms with Crippen molar-refractivity contribution >= 4 is 44.7 Å². The Kier molecular flexibility index (Phi) is 7.32. The Balaban J connectivity index is 1.15. The molecule has 1 aliphatic carbocycles.